The highest BCUT2D eigenvalue weighted by atomic mass is 35.5. The Balaban J connectivity index is 1.34. The second kappa shape index (κ2) is 9.45. The van der Waals surface area contributed by atoms with Crippen LogP contribution in [0.25, 0.3) is 11.5 Å². The van der Waals surface area contributed by atoms with E-state index in [1.54, 1.807) is 18.2 Å². The zero-order chi connectivity index (χ0) is 20.2. The number of likely N-dealkylation sites (tertiary alicyclic amines) is 1. The van der Waals surface area contributed by atoms with Crippen LogP contribution in [0.5, 0.6) is 0 Å². The predicted octanol–water partition coefficient (Wildman–Crippen LogP) is 4.70. The van der Waals surface area contributed by atoms with Gasteiger partial charge in [0.25, 0.3) is 0 Å². The van der Waals surface area contributed by atoms with Crippen molar-refractivity contribution in [1.29, 1.82) is 0 Å². The number of rotatable bonds is 5. The smallest absolute Gasteiger partial charge is 0.249 e. The third-order valence-corrected chi connectivity index (χ3v) is 6.36. The largest absolute Gasteiger partial charge is 0.419 e. The van der Waals surface area contributed by atoms with E-state index in [-0.39, 0.29) is 11.8 Å². The summed E-state index contributed by atoms with van der Waals surface area (Å²) in [5.74, 6) is 1.13. The second-order valence-corrected chi connectivity index (χ2v) is 8.89. The summed E-state index contributed by atoms with van der Waals surface area (Å²) in [6, 6.07) is 5.53. The molecule has 1 saturated carbocycles. The lowest BCUT2D eigenvalue weighted by atomic mass is 9.93. The molecule has 2 fully saturated rings. The highest BCUT2D eigenvalue weighted by molar-refractivity contribution is 6.36. The van der Waals surface area contributed by atoms with Gasteiger partial charge in [0.15, 0.2) is 0 Å². The number of halogens is 2. The molecule has 1 aliphatic carbocycles. The predicted molar refractivity (Wildman–Crippen MR) is 113 cm³/mol. The average Bonchev–Trinajstić information content (AvgIpc) is 3.17. The fourth-order valence-electron chi connectivity index (χ4n) is 4.26. The SMILES string of the molecule is O=C(NC1CCCCC1)C1CCCN(Cc2nnc(-c3ccc(Cl)cc3Cl)o2)C1. The lowest BCUT2D eigenvalue weighted by Gasteiger charge is -2.32. The van der Waals surface area contributed by atoms with E-state index in [9.17, 15) is 4.79 Å². The Morgan fingerprint density at radius 3 is 2.76 bits per heavy atom. The van der Waals surface area contributed by atoms with Crippen LogP contribution >= 0.6 is 23.2 Å². The molecule has 1 aliphatic heterocycles. The third-order valence-electron chi connectivity index (χ3n) is 5.82. The topological polar surface area (TPSA) is 71.3 Å². The molecule has 1 N–H and O–H groups in total. The summed E-state index contributed by atoms with van der Waals surface area (Å²) in [5, 5.41) is 12.6. The van der Waals surface area contributed by atoms with Gasteiger partial charge < -0.3 is 9.73 Å². The van der Waals surface area contributed by atoms with E-state index >= 15 is 0 Å². The number of nitrogens with zero attached hydrogens (tertiary/aromatic N) is 3. The van der Waals surface area contributed by atoms with Gasteiger partial charge in [-0.3, -0.25) is 9.69 Å². The molecule has 1 saturated heterocycles. The molecule has 0 radical (unpaired) electrons. The highest BCUT2D eigenvalue weighted by Gasteiger charge is 2.28. The summed E-state index contributed by atoms with van der Waals surface area (Å²) in [4.78, 5) is 14.9. The Morgan fingerprint density at radius 2 is 1.97 bits per heavy atom. The minimum Gasteiger partial charge on any atom is -0.419 e. The standard InChI is InChI=1S/C21H26Cl2N4O2/c22-15-8-9-17(18(23)11-15)21-26-25-19(29-21)13-27-10-4-5-14(12-27)20(28)24-16-6-2-1-3-7-16/h8-9,11,14,16H,1-7,10,12-13H2,(H,24,28). The Morgan fingerprint density at radius 1 is 1.14 bits per heavy atom. The van der Waals surface area contributed by atoms with Gasteiger partial charge in [0.1, 0.15) is 0 Å². The van der Waals surface area contributed by atoms with E-state index in [1.807, 2.05) is 0 Å². The second-order valence-electron chi connectivity index (χ2n) is 8.04. The summed E-state index contributed by atoms with van der Waals surface area (Å²) in [5.41, 5.74) is 0.665. The number of carbonyl (C=O) groups excluding carboxylic acids is 1. The number of benzene rings is 1. The number of aromatic nitrogens is 2. The molecule has 2 heterocycles. The van der Waals surface area contributed by atoms with Crippen molar-refractivity contribution in [3.8, 4) is 11.5 Å². The molecule has 1 unspecified atom stereocenters. The quantitative estimate of drug-likeness (QED) is 0.734. The molecule has 156 valence electrons. The molecule has 8 heteroatoms. The van der Waals surface area contributed by atoms with Crippen molar-refractivity contribution >= 4 is 29.1 Å². The van der Waals surface area contributed by atoms with Gasteiger partial charge in [-0.1, -0.05) is 42.5 Å². The number of nitrogens with one attached hydrogen (secondary N) is 1. The number of carbonyl (C=O) groups is 1. The van der Waals surface area contributed by atoms with Gasteiger partial charge in [-0.05, 0) is 50.4 Å². The van der Waals surface area contributed by atoms with E-state index in [0.717, 1.165) is 38.8 Å². The number of piperidine rings is 1. The van der Waals surface area contributed by atoms with Crippen LogP contribution in [-0.4, -0.2) is 40.1 Å². The molecule has 1 aromatic heterocycles. The third kappa shape index (κ3) is 5.30. The van der Waals surface area contributed by atoms with Crippen LogP contribution in [0, 0.1) is 5.92 Å². The maximum atomic E-state index is 12.7. The summed E-state index contributed by atoms with van der Waals surface area (Å²) in [6.07, 6.45) is 7.88. The molecular weight excluding hydrogens is 411 g/mol. The number of amides is 1. The van der Waals surface area contributed by atoms with Gasteiger partial charge in [-0.15, -0.1) is 10.2 Å². The Bertz CT molecular complexity index is 851. The molecule has 0 bridgehead atoms. The van der Waals surface area contributed by atoms with Crippen LogP contribution in [0.15, 0.2) is 22.6 Å². The van der Waals surface area contributed by atoms with Crippen molar-refractivity contribution in [3.05, 3.63) is 34.1 Å². The Labute approximate surface area is 181 Å². The molecule has 4 rings (SSSR count). The summed E-state index contributed by atoms with van der Waals surface area (Å²) < 4.78 is 5.82. The summed E-state index contributed by atoms with van der Waals surface area (Å²) >= 11 is 12.2. The van der Waals surface area contributed by atoms with Crippen LogP contribution in [0.4, 0.5) is 0 Å². The minimum absolute atomic E-state index is 0.0266. The molecule has 1 atom stereocenters. The molecule has 1 aromatic carbocycles. The van der Waals surface area contributed by atoms with Crippen molar-refractivity contribution in [1.82, 2.24) is 20.4 Å². The number of hydrogen-bond donors (Lipinski definition) is 1. The maximum Gasteiger partial charge on any atom is 0.249 e. The summed E-state index contributed by atoms with van der Waals surface area (Å²) in [6.45, 7) is 2.18. The monoisotopic (exact) mass is 436 g/mol. The lowest BCUT2D eigenvalue weighted by Crippen LogP contribution is -2.46. The first-order valence-corrected chi connectivity index (χ1v) is 11.1. The molecular formula is C21H26Cl2N4O2. The Hall–Kier alpha value is -1.63. The first kappa shape index (κ1) is 20.6. The zero-order valence-electron chi connectivity index (χ0n) is 16.4. The molecule has 6 nitrogen and oxygen atoms in total. The molecule has 2 aliphatic rings. The fraction of sp³-hybridized carbons (Fsp3) is 0.571. The van der Waals surface area contributed by atoms with Crippen LogP contribution < -0.4 is 5.32 Å². The van der Waals surface area contributed by atoms with Crippen LogP contribution in [0.2, 0.25) is 10.0 Å². The van der Waals surface area contributed by atoms with E-state index in [4.69, 9.17) is 27.6 Å². The first-order chi connectivity index (χ1) is 14.1. The maximum absolute atomic E-state index is 12.7. The van der Waals surface area contributed by atoms with Gasteiger partial charge >= 0.3 is 0 Å². The van der Waals surface area contributed by atoms with E-state index in [0.29, 0.717) is 40.0 Å². The van der Waals surface area contributed by atoms with Gasteiger partial charge in [-0.2, -0.15) is 0 Å². The van der Waals surface area contributed by atoms with Crippen molar-refractivity contribution in [3.63, 3.8) is 0 Å². The first-order valence-electron chi connectivity index (χ1n) is 10.4. The number of hydrogen-bond acceptors (Lipinski definition) is 5. The van der Waals surface area contributed by atoms with E-state index in [2.05, 4.69) is 20.4 Å². The van der Waals surface area contributed by atoms with Crippen molar-refractivity contribution < 1.29 is 9.21 Å². The van der Waals surface area contributed by atoms with Crippen LogP contribution in [0.1, 0.15) is 50.8 Å². The summed E-state index contributed by atoms with van der Waals surface area (Å²) in [7, 11) is 0. The van der Waals surface area contributed by atoms with Gasteiger partial charge in [0, 0.05) is 17.6 Å². The average molecular weight is 437 g/mol. The highest BCUT2D eigenvalue weighted by Crippen LogP contribution is 2.30. The molecule has 29 heavy (non-hydrogen) atoms. The van der Waals surface area contributed by atoms with Gasteiger partial charge in [-0.25, -0.2) is 0 Å². The molecule has 1 amide bonds. The Kier molecular flexibility index (Phi) is 6.73. The molecule has 2 aromatic rings. The van der Waals surface area contributed by atoms with Crippen molar-refractivity contribution in [2.45, 2.75) is 57.5 Å². The van der Waals surface area contributed by atoms with Crippen LogP contribution in [-0.2, 0) is 11.3 Å². The molecule has 0 spiro atoms. The van der Waals surface area contributed by atoms with E-state index in [1.165, 1.54) is 19.3 Å². The van der Waals surface area contributed by atoms with Crippen LogP contribution in [0.3, 0.4) is 0 Å². The zero-order valence-corrected chi connectivity index (χ0v) is 17.9. The minimum atomic E-state index is 0.0266. The van der Waals surface area contributed by atoms with Crippen molar-refractivity contribution in [2.75, 3.05) is 13.1 Å². The lowest BCUT2D eigenvalue weighted by molar-refractivity contribution is -0.127. The van der Waals surface area contributed by atoms with Crippen molar-refractivity contribution in [2.24, 2.45) is 5.92 Å². The fourth-order valence-corrected chi connectivity index (χ4v) is 4.75. The normalized spacial score (nSPS) is 21.2. The van der Waals surface area contributed by atoms with Gasteiger partial charge in [0.05, 0.1) is 23.0 Å². The van der Waals surface area contributed by atoms with Gasteiger partial charge in [0.2, 0.25) is 17.7 Å². The van der Waals surface area contributed by atoms with E-state index < -0.39 is 0 Å².